The Morgan fingerprint density at radius 3 is 3.07 bits per heavy atom. The molecule has 0 aromatic carbocycles. The molecule has 1 heterocycles. The van der Waals surface area contributed by atoms with Crippen LogP contribution in [0, 0.1) is 0 Å². The van der Waals surface area contributed by atoms with Crippen LogP contribution < -0.4 is 0 Å². The van der Waals surface area contributed by atoms with Crippen LogP contribution in [0.2, 0.25) is 0 Å². The number of hydrogen-bond donors (Lipinski definition) is 0. The number of rotatable bonds is 7. The first-order chi connectivity index (χ1) is 7.33. The van der Waals surface area contributed by atoms with E-state index in [4.69, 9.17) is 5.53 Å². The van der Waals surface area contributed by atoms with Crippen molar-refractivity contribution >= 4 is 11.3 Å². The first kappa shape index (κ1) is 12.0. The molecule has 1 rings (SSSR count). The van der Waals surface area contributed by atoms with Crippen molar-refractivity contribution in [3.8, 4) is 0 Å². The molecule has 15 heavy (non-hydrogen) atoms. The summed E-state index contributed by atoms with van der Waals surface area (Å²) in [7, 11) is 2.10. The van der Waals surface area contributed by atoms with Crippen molar-refractivity contribution < 1.29 is 0 Å². The Labute approximate surface area is 94.2 Å². The highest BCUT2D eigenvalue weighted by Crippen LogP contribution is 2.09. The molecule has 0 aliphatic rings. The zero-order valence-electron chi connectivity index (χ0n) is 8.96. The van der Waals surface area contributed by atoms with Crippen LogP contribution in [0.1, 0.15) is 11.3 Å². The van der Waals surface area contributed by atoms with Gasteiger partial charge in [0.25, 0.3) is 0 Å². The number of likely N-dealkylation sites (N-methyl/N-ethyl adjacent to an activating group) is 1. The molecule has 0 aliphatic carbocycles. The van der Waals surface area contributed by atoms with Gasteiger partial charge >= 0.3 is 0 Å². The van der Waals surface area contributed by atoms with E-state index in [1.807, 2.05) is 0 Å². The smallest absolute Gasteiger partial charge is 0.0270 e. The lowest BCUT2D eigenvalue weighted by molar-refractivity contribution is 0.336. The normalized spacial score (nSPS) is 10.3. The highest BCUT2D eigenvalue weighted by Gasteiger charge is 1.99. The van der Waals surface area contributed by atoms with Gasteiger partial charge in [-0.25, -0.2) is 0 Å². The van der Waals surface area contributed by atoms with Gasteiger partial charge in [0.15, 0.2) is 0 Å². The maximum atomic E-state index is 8.11. The molecule has 0 N–H and O–H groups in total. The predicted octanol–water partition coefficient (Wildman–Crippen LogP) is 2.92. The van der Waals surface area contributed by atoms with Crippen molar-refractivity contribution in [2.24, 2.45) is 5.11 Å². The van der Waals surface area contributed by atoms with E-state index in [0.717, 1.165) is 25.9 Å². The third-order valence-electron chi connectivity index (χ3n) is 2.18. The van der Waals surface area contributed by atoms with Crippen LogP contribution in [0.5, 0.6) is 0 Å². The van der Waals surface area contributed by atoms with E-state index in [1.165, 1.54) is 4.88 Å². The Morgan fingerprint density at radius 2 is 2.40 bits per heavy atom. The van der Waals surface area contributed by atoms with Gasteiger partial charge in [-0.05, 0) is 43.4 Å². The lowest BCUT2D eigenvalue weighted by atomic mass is 10.3. The van der Waals surface area contributed by atoms with E-state index in [-0.39, 0.29) is 0 Å². The van der Waals surface area contributed by atoms with Gasteiger partial charge in [0.1, 0.15) is 0 Å². The average Bonchev–Trinajstić information content (AvgIpc) is 2.74. The molecule has 0 saturated heterocycles. The van der Waals surface area contributed by atoms with Gasteiger partial charge in [-0.1, -0.05) is 11.2 Å². The maximum absolute atomic E-state index is 8.11. The Kier molecular flexibility index (Phi) is 5.85. The minimum Gasteiger partial charge on any atom is -0.306 e. The van der Waals surface area contributed by atoms with Crippen LogP contribution >= 0.6 is 11.3 Å². The van der Waals surface area contributed by atoms with E-state index in [0.29, 0.717) is 6.54 Å². The third kappa shape index (κ3) is 5.42. The zero-order chi connectivity index (χ0) is 10.9. The predicted molar refractivity (Wildman–Crippen MR) is 64.2 cm³/mol. The van der Waals surface area contributed by atoms with Crippen LogP contribution in [0.4, 0.5) is 0 Å². The summed E-state index contributed by atoms with van der Waals surface area (Å²) >= 11 is 1.80. The topological polar surface area (TPSA) is 52.0 Å². The Morgan fingerprint density at radius 1 is 1.53 bits per heavy atom. The van der Waals surface area contributed by atoms with Gasteiger partial charge in [-0.15, -0.1) is 11.3 Å². The molecule has 1 aromatic rings. The molecule has 0 aliphatic heterocycles. The molecule has 0 saturated carbocycles. The quantitative estimate of drug-likeness (QED) is 0.304. The summed E-state index contributed by atoms with van der Waals surface area (Å²) in [6.45, 7) is 2.65. The molecule has 0 spiro atoms. The highest BCUT2D eigenvalue weighted by molar-refractivity contribution is 7.09. The van der Waals surface area contributed by atoms with Gasteiger partial charge in [-0.3, -0.25) is 0 Å². The number of thiophene rings is 1. The first-order valence-corrected chi connectivity index (χ1v) is 5.92. The van der Waals surface area contributed by atoms with Crippen molar-refractivity contribution in [2.75, 3.05) is 26.7 Å². The molecule has 0 fully saturated rings. The summed E-state index contributed by atoms with van der Waals surface area (Å²) in [5.41, 5.74) is 8.11. The largest absolute Gasteiger partial charge is 0.306 e. The van der Waals surface area contributed by atoms with Gasteiger partial charge in [0, 0.05) is 22.9 Å². The molecule has 0 bridgehead atoms. The van der Waals surface area contributed by atoms with Gasteiger partial charge in [0.2, 0.25) is 0 Å². The molecule has 0 atom stereocenters. The molecule has 0 unspecified atom stereocenters. The van der Waals surface area contributed by atoms with Crippen LogP contribution in [-0.4, -0.2) is 31.6 Å². The minimum absolute atomic E-state index is 0.597. The van der Waals surface area contributed by atoms with E-state index in [1.54, 1.807) is 11.3 Å². The monoisotopic (exact) mass is 224 g/mol. The summed E-state index contributed by atoms with van der Waals surface area (Å²) in [6, 6.07) is 4.25. The Bertz CT molecular complexity index is 303. The second kappa shape index (κ2) is 7.29. The first-order valence-electron chi connectivity index (χ1n) is 5.04. The fourth-order valence-electron chi connectivity index (χ4n) is 1.32. The van der Waals surface area contributed by atoms with E-state index < -0.39 is 0 Å². The second-order valence-electron chi connectivity index (χ2n) is 3.44. The molecular weight excluding hydrogens is 208 g/mol. The maximum Gasteiger partial charge on any atom is 0.0270 e. The molecule has 82 valence electrons. The third-order valence-corrected chi connectivity index (χ3v) is 3.12. The van der Waals surface area contributed by atoms with Gasteiger partial charge in [-0.2, -0.15) is 0 Å². The SMILES string of the molecule is CN(CCCN=[N+]=[N-])CCc1cccs1. The fourth-order valence-corrected chi connectivity index (χ4v) is 2.02. The van der Waals surface area contributed by atoms with Crippen molar-refractivity contribution in [1.29, 1.82) is 0 Å². The van der Waals surface area contributed by atoms with Gasteiger partial charge in [0.05, 0.1) is 0 Å². The summed E-state index contributed by atoms with van der Waals surface area (Å²) < 4.78 is 0. The van der Waals surface area contributed by atoms with Crippen LogP contribution in [0.15, 0.2) is 22.6 Å². The summed E-state index contributed by atoms with van der Waals surface area (Å²) in [5.74, 6) is 0. The van der Waals surface area contributed by atoms with Crippen LogP contribution in [-0.2, 0) is 6.42 Å². The lowest BCUT2D eigenvalue weighted by Gasteiger charge is -2.14. The molecule has 1 aromatic heterocycles. The molecule has 0 amide bonds. The van der Waals surface area contributed by atoms with Crippen molar-refractivity contribution in [3.63, 3.8) is 0 Å². The molecule has 5 heteroatoms. The average molecular weight is 224 g/mol. The molecule has 4 nitrogen and oxygen atoms in total. The minimum atomic E-state index is 0.597. The number of nitrogens with zero attached hydrogens (tertiary/aromatic N) is 4. The second-order valence-corrected chi connectivity index (χ2v) is 4.47. The molecular formula is C10H16N4S. The van der Waals surface area contributed by atoms with Crippen molar-refractivity contribution in [2.45, 2.75) is 12.8 Å². The van der Waals surface area contributed by atoms with Crippen molar-refractivity contribution in [1.82, 2.24) is 4.90 Å². The standard InChI is InChI=1S/C10H16N4S/c1-14(7-3-6-12-13-11)8-5-10-4-2-9-15-10/h2,4,9H,3,5-8H2,1H3. The summed E-state index contributed by atoms with van der Waals surface area (Å²) in [4.78, 5) is 6.43. The summed E-state index contributed by atoms with van der Waals surface area (Å²) in [5, 5.41) is 5.62. The molecule has 0 radical (unpaired) electrons. The van der Waals surface area contributed by atoms with Crippen LogP contribution in [0.3, 0.4) is 0 Å². The number of hydrogen-bond acceptors (Lipinski definition) is 3. The summed E-state index contributed by atoms with van der Waals surface area (Å²) in [6.07, 6.45) is 2.04. The Hall–Kier alpha value is -1.03. The number of azide groups is 1. The van der Waals surface area contributed by atoms with Gasteiger partial charge < -0.3 is 4.90 Å². The van der Waals surface area contributed by atoms with E-state index in [2.05, 4.69) is 39.5 Å². The zero-order valence-corrected chi connectivity index (χ0v) is 9.78. The lowest BCUT2D eigenvalue weighted by Crippen LogP contribution is -2.22. The van der Waals surface area contributed by atoms with Crippen LogP contribution in [0.25, 0.3) is 10.4 Å². The van der Waals surface area contributed by atoms with E-state index in [9.17, 15) is 0 Å². The van der Waals surface area contributed by atoms with Crippen molar-refractivity contribution in [3.05, 3.63) is 32.8 Å². The highest BCUT2D eigenvalue weighted by atomic mass is 32.1. The fraction of sp³-hybridized carbons (Fsp3) is 0.600. The van der Waals surface area contributed by atoms with E-state index >= 15 is 0 Å². The Balaban J connectivity index is 2.08.